The third-order valence-electron chi connectivity index (χ3n) is 8.20. The fourth-order valence-corrected chi connectivity index (χ4v) is 6.39. The molecule has 1 spiro atoms. The summed E-state index contributed by atoms with van der Waals surface area (Å²) >= 11 is 0. The molecule has 3 atom stereocenters. The number of anilines is 3. The predicted octanol–water partition coefficient (Wildman–Crippen LogP) is 5.19. The van der Waals surface area contributed by atoms with E-state index in [0.717, 1.165) is 16.7 Å². The van der Waals surface area contributed by atoms with Crippen molar-refractivity contribution in [3.63, 3.8) is 0 Å². The van der Waals surface area contributed by atoms with E-state index < -0.39 is 17.5 Å². The normalized spacial score (nSPS) is 23.1. The number of nitrogens with one attached hydrogen (secondary N) is 2. The van der Waals surface area contributed by atoms with Crippen LogP contribution in [0.1, 0.15) is 46.0 Å². The minimum absolute atomic E-state index is 0.0851. The third-order valence-corrected chi connectivity index (χ3v) is 8.20. The largest absolute Gasteiger partial charge is 0.354 e. The fraction of sp³-hybridized carbons (Fsp3) is 0.188. The van der Waals surface area contributed by atoms with Crippen LogP contribution in [0.2, 0.25) is 0 Å². The number of benzene rings is 3. The van der Waals surface area contributed by atoms with Gasteiger partial charge < -0.3 is 20.1 Å². The highest BCUT2D eigenvalue weighted by atomic mass is 16.5. The minimum atomic E-state index is -1.36. The molecule has 3 aliphatic rings. The summed E-state index contributed by atoms with van der Waals surface area (Å²) in [5.74, 6) is -1.20. The average molecular weight is 531 g/mol. The maximum atomic E-state index is 14.1. The highest BCUT2D eigenvalue weighted by molar-refractivity contribution is 6.17. The number of Topliss-reactive ketones (excluding diaryl/α,β-unsaturated/α-hetero) is 1. The number of nitrogens with zero attached hydrogens (tertiary/aromatic N) is 2. The summed E-state index contributed by atoms with van der Waals surface area (Å²) in [7, 11) is 0. The summed E-state index contributed by atoms with van der Waals surface area (Å²) in [6.07, 6.45) is 3.62. The van der Waals surface area contributed by atoms with Gasteiger partial charge >= 0.3 is 0 Å². The highest BCUT2D eigenvalue weighted by Crippen LogP contribution is 2.55. The van der Waals surface area contributed by atoms with Crippen LogP contribution in [0, 0.1) is 13.8 Å². The van der Waals surface area contributed by atoms with E-state index in [4.69, 9.17) is 4.52 Å². The molecular formula is C32H26N4O4. The summed E-state index contributed by atoms with van der Waals surface area (Å²) in [6, 6.07) is 21.9. The van der Waals surface area contributed by atoms with Crippen molar-refractivity contribution in [1.29, 1.82) is 0 Å². The summed E-state index contributed by atoms with van der Waals surface area (Å²) in [6.45, 7) is 3.81. The number of amides is 2. The van der Waals surface area contributed by atoms with Crippen LogP contribution in [-0.4, -0.2) is 28.8 Å². The Morgan fingerprint density at radius 2 is 1.62 bits per heavy atom. The molecule has 4 aromatic rings. The van der Waals surface area contributed by atoms with Crippen LogP contribution in [0.5, 0.6) is 0 Å². The molecule has 0 aliphatic carbocycles. The van der Waals surface area contributed by atoms with Gasteiger partial charge in [-0.3, -0.25) is 14.4 Å². The second-order valence-corrected chi connectivity index (χ2v) is 10.6. The Labute approximate surface area is 230 Å². The Balaban J connectivity index is 1.44. The van der Waals surface area contributed by atoms with Gasteiger partial charge in [-0.25, -0.2) is 0 Å². The molecule has 8 heteroatoms. The van der Waals surface area contributed by atoms with Gasteiger partial charge in [-0.05, 0) is 43.2 Å². The summed E-state index contributed by atoms with van der Waals surface area (Å²) < 4.78 is 5.80. The monoisotopic (exact) mass is 530 g/mol. The Bertz CT molecular complexity index is 1740. The summed E-state index contributed by atoms with van der Waals surface area (Å²) in [5.41, 5.74) is 4.52. The number of fused-ring (bicyclic) bond motifs is 3. The van der Waals surface area contributed by atoms with E-state index >= 15 is 0 Å². The first kappa shape index (κ1) is 24.1. The molecule has 2 N–H and O–H groups in total. The molecule has 8 nitrogen and oxygen atoms in total. The van der Waals surface area contributed by atoms with Gasteiger partial charge in [-0.2, -0.15) is 0 Å². The number of para-hydroxylation sites is 2. The molecule has 40 heavy (non-hydrogen) atoms. The molecule has 3 unspecified atom stereocenters. The highest BCUT2D eigenvalue weighted by Gasteiger charge is 2.64. The molecule has 1 aromatic heterocycles. The van der Waals surface area contributed by atoms with E-state index in [1.807, 2.05) is 90.7 Å². The maximum Gasteiger partial charge on any atom is 0.255 e. The molecule has 3 aliphatic heterocycles. The molecule has 0 saturated carbocycles. The molecule has 2 amide bonds. The zero-order chi connectivity index (χ0) is 27.6. The predicted molar refractivity (Wildman–Crippen MR) is 152 cm³/mol. The van der Waals surface area contributed by atoms with Gasteiger partial charge in [0.15, 0.2) is 17.1 Å². The van der Waals surface area contributed by atoms with Crippen LogP contribution >= 0.6 is 0 Å². The average Bonchev–Trinajstić information content (AvgIpc) is 3.64. The molecule has 198 valence electrons. The van der Waals surface area contributed by atoms with Crippen LogP contribution in [0.15, 0.2) is 77.3 Å². The number of hydrogen-bond donors (Lipinski definition) is 2. The van der Waals surface area contributed by atoms with Gasteiger partial charge in [0.05, 0.1) is 5.92 Å². The number of aromatic nitrogens is 1. The van der Waals surface area contributed by atoms with E-state index in [2.05, 4.69) is 15.8 Å². The molecule has 0 bridgehead atoms. The van der Waals surface area contributed by atoms with Crippen molar-refractivity contribution in [1.82, 2.24) is 5.16 Å². The van der Waals surface area contributed by atoms with Crippen LogP contribution < -0.4 is 15.5 Å². The second-order valence-electron chi connectivity index (χ2n) is 10.6. The summed E-state index contributed by atoms with van der Waals surface area (Å²) in [4.78, 5) is 43.3. The van der Waals surface area contributed by atoms with E-state index in [0.29, 0.717) is 34.1 Å². The molecule has 0 radical (unpaired) electrons. The number of hydrogen-bond acceptors (Lipinski definition) is 6. The SMILES string of the molecule is Cc1ccc(/C=C/c2onc(C)c2N2C(C3C(=O)Nc4ccccc43)C(=O)CC23C(=O)Nc2ccccc23)cc1. The number of carbonyl (C=O) groups is 3. The molecule has 1 saturated heterocycles. The topological polar surface area (TPSA) is 105 Å². The first-order valence-electron chi connectivity index (χ1n) is 13.2. The minimum Gasteiger partial charge on any atom is -0.354 e. The Kier molecular flexibility index (Phi) is 5.28. The lowest BCUT2D eigenvalue weighted by molar-refractivity contribution is -0.124. The smallest absolute Gasteiger partial charge is 0.255 e. The number of ketones is 1. The van der Waals surface area contributed by atoms with Gasteiger partial charge in [0.1, 0.15) is 17.4 Å². The Morgan fingerprint density at radius 3 is 2.42 bits per heavy atom. The van der Waals surface area contributed by atoms with E-state index in [9.17, 15) is 14.4 Å². The van der Waals surface area contributed by atoms with Gasteiger partial charge in [0, 0.05) is 23.4 Å². The van der Waals surface area contributed by atoms with Crippen molar-refractivity contribution in [2.45, 2.75) is 37.8 Å². The van der Waals surface area contributed by atoms with Gasteiger partial charge in [-0.15, -0.1) is 0 Å². The summed E-state index contributed by atoms with van der Waals surface area (Å²) in [5, 5.41) is 10.2. The molecule has 1 fully saturated rings. The third kappa shape index (κ3) is 3.38. The number of carbonyl (C=O) groups excluding carboxylic acids is 3. The van der Waals surface area contributed by atoms with E-state index in [-0.39, 0.29) is 24.0 Å². The standard InChI is InChI=1S/C32H26N4O4/c1-18-11-13-20(14-12-18)15-16-26-28(19(2)35-40-26)36-29(27-21-7-3-5-9-23(21)33-30(27)38)25(37)17-32(36)22-8-4-6-10-24(22)34-31(32)39/h3-16,27,29H,17H2,1-2H3,(H,33,38)(H,34,39)/b16-15+. The first-order chi connectivity index (χ1) is 19.4. The van der Waals surface area contributed by atoms with Crippen LogP contribution in [0.4, 0.5) is 17.1 Å². The zero-order valence-corrected chi connectivity index (χ0v) is 22.0. The molecule has 4 heterocycles. The maximum absolute atomic E-state index is 14.1. The van der Waals surface area contributed by atoms with Crippen LogP contribution in [-0.2, 0) is 19.9 Å². The molecule has 3 aromatic carbocycles. The fourth-order valence-electron chi connectivity index (χ4n) is 6.39. The lowest BCUT2D eigenvalue weighted by Gasteiger charge is -2.39. The van der Waals surface area contributed by atoms with Crippen molar-refractivity contribution >= 4 is 46.8 Å². The van der Waals surface area contributed by atoms with E-state index in [1.54, 1.807) is 13.0 Å². The molecular weight excluding hydrogens is 504 g/mol. The molecule has 7 rings (SSSR count). The van der Waals surface area contributed by atoms with Gasteiger partial charge in [-0.1, -0.05) is 77.5 Å². The van der Waals surface area contributed by atoms with Crippen molar-refractivity contribution in [3.05, 3.63) is 107 Å². The van der Waals surface area contributed by atoms with Gasteiger partial charge in [0.2, 0.25) is 5.91 Å². The lowest BCUT2D eigenvalue weighted by Crippen LogP contribution is -2.53. The lowest BCUT2D eigenvalue weighted by atomic mass is 9.87. The van der Waals surface area contributed by atoms with Crippen LogP contribution in [0.3, 0.4) is 0 Å². The van der Waals surface area contributed by atoms with Crippen molar-refractivity contribution < 1.29 is 18.9 Å². The number of rotatable bonds is 4. The van der Waals surface area contributed by atoms with E-state index in [1.165, 1.54) is 0 Å². The van der Waals surface area contributed by atoms with Crippen molar-refractivity contribution in [3.8, 4) is 0 Å². The Morgan fingerprint density at radius 1 is 0.900 bits per heavy atom. The second kappa shape index (κ2) is 8.77. The van der Waals surface area contributed by atoms with Gasteiger partial charge in [0.25, 0.3) is 5.91 Å². The zero-order valence-electron chi connectivity index (χ0n) is 22.0. The first-order valence-corrected chi connectivity index (χ1v) is 13.2. The van der Waals surface area contributed by atoms with Crippen LogP contribution in [0.25, 0.3) is 12.2 Å². The van der Waals surface area contributed by atoms with Crippen molar-refractivity contribution in [2.24, 2.45) is 0 Å². The van der Waals surface area contributed by atoms with Crippen molar-refractivity contribution in [2.75, 3.05) is 15.5 Å². The Hall–Kier alpha value is -4.98. The quantitative estimate of drug-likeness (QED) is 0.376. The number of aryl methyl sites for hydroxylation is 2.